The summed E-state index contributed by atoms with van der Waals surface area (Å²) >= 11 is 1.66. The molecule has 2 amide bonds. The zero-order valence-corrected chi connectivity index (χ0v) is 14.5. The predicted molar refractivity (Wildman–Crippen MR) is 92.5 cm³/mol. The number of hydrogen-bond donors (Lipinski definition) is 2. The van der Waals surface area contributed by atoms with Crippen LogP contribution >= 0.6 is 11.8 Å². The van der Waals surface area contributed by atoms with Crippen LogP contribution in [-0.2, 0) is 4.79 Å². The van der Waals surface area contributed by atoms with Crippen LogP contribution in [0.1, 0.15) is 49.1 Å². The maximum atomic E-state index is 12.4. The van der Waals surface area contributed by atoms with Gasteiger partial charge in [0.05, 0.1) is 6.26 Å². The van der Waals surface area contributed by atoms with Gasteiger partial charge in [-0.3, -0.25) is 9.59 Å². The van der Waals surface area contributed by atoms with Crippen molar-refractivity contribution in [2.24, 2.45) is 5.92 Å². The molecule has 0 radical (unpaired) electrons. The Kier molecular flexibility index (Phi) is 7.52. The summed E-state index contributed by atoms with van der Waals surface area (Å²) in [6.45, 7) is 0.714. The van der Waals surface area contributed by atoms with E-state index in [1.54, 1.807) is 23.9 Å². The first-order chi connectivity index (χ1) is 11.2. The van der Waals surface area contributed by atoms with Crippen molar-refractivity contribution >= 4 is 23.6 Å². The lowest BCUT2D eigenvalue weighted by atomic mass is 9.89. The molecule has 128 valence electrons. The molecule has 23 heavy (non-hydrogen) atoms. The molecule has 2 N–H and O–H groups in total. The van der Waals surface area contributed by atoms with Gasteiger partial charge in [-0.25, -0.2) is 0 Å². The van der Waals surface area contributed by atoms with E-state index in [4.69, 9.17) is 4.42 Å². The standard InChI is InChI=1S/C17H26N2O3S/c1-23-11-9-14(19-17(21)15-8-5-10-22-15)16(20)18-12-13-6-3-2-4-7-13/h5,8,10,13-14H,2-4,6-7,9,11-12H2,1H3,(H,18,20)(H,19,21)/t14-/m1/s1. The van der Waals surface area contributed by atoms with Crippen LogP contribution in [0.5, 0.6) is 0 Å². The Morgan fingerprint density at radius 2 is 2.13 bits per heavy atom. The molecule has 1 heterocycles. The Hall–Kier alpha value is -1.43. The number of furan rings is 1. The SMILES string of the molecule is CSCC[C@@H](NC(=O)c1ccco1)C(=O)NCC1CCCCC1. The molecule has 1 atom stereocenters. The largest absolute Gasteiger partial charge is 0.459 e. The summed E-state index contributed by atoms with van der Waals surface area (Å²) in [4.78, 5) is 24.5. The first-order valence-corrected chi connectivity index (χ1v) is 9.71. The van der Waals surface area contributed by atoms with Gasteiger partial charge in [-0.05, 0) is 49.3 Å². The van der Waals surface area contributed by atoms with Crippen molar-refractivity contribution in [3.05, 3.63) is 24.2 Å². The second-order valence-electron chi connectivity index (χ2n) is 6.03. The van der Waals surface area contributed by atoms with E-state index >= 15 is 0 Å². The molecule has 1 aliphatic carbocycles. The maximum Gasteiger partial charge on any atom is 0.287 e. The van der Waals surface area contributed by atoms with Gasteiger partial charge in [-0.15, -0.1) is 0 Å². The van der Waals surface area contributed by atoms with Crippen LogP contribution in [0.4, 0.5) is 0 Å². The second-order valence-corrected chi connectivity index (χ2v) is 7.02. The Morgan fingerprint density at radius 3 is 2.78 bits per heavy atom. The summed E-state index contributed by atoms with van der Waals surface area (Å²) in [5, 5.41) is 5.80. The molecule has 0 spiro atoms. The molecule has 1 aromatic heterocycles. The first-order valence-electron chi connectivity index (χ1n) is 8.31. The molecule has 6 heteroatoms. The van der Waals surface area contributed by atoms with Crippen LogP contribution in [0.15, 0.2) is 22.8 Å². The lowest BCUT2D eigenvalue weighted by Gasteiger charge is -2.23. The minimum absolute atomic E-state index is 0.0930. The van der Waals surface area contributed by atoms with E-state index in [0.717, 1.165) is 5.75 Å². The quantitative estimate of drug-likeness (QED) is 0.764. The predicted octanol–water partition coefficient (Wildman–Crippen LogP) is 2.83. The molecule has 1 aliphatic rings. The normalized spacial score (nSPS) is 16.7. The van der Waals surface area contributed by atoms with Crippen LogP contribution in [0.25, 0.3) is 0 Å². The van der Waals surface area contributed by atoms with Crippen LogP contribution in [0.3, 0.4) is 0 Å². The number of thioether (sulfide) groups is 1. The van der Waals surface area contributed by atoms with E-state index in [2.05, 4.69) is 10.6 Å². The maximum absolute atomic E-state index is 12.4. The Morgan fingerprint density at radius 1 is 1.35 bits per heavy atom. The third-order valence-electron chi connectivity index (χ3n) is 4.27. The summed E-state index contributed by atoms with van der Waals surface area (Å²) in [5.41, 5.74) is 0. The number of carbonyl (C=O) groups is 2. The second kappa shape index (κ2) is 9.65. The molecule has 1 aromatic rings. The molecule has 1 fully saturated rings. The monoisotopic (exact) mass is 338 g/mol. The van der Waals surface area contributed by atoms with Gasteiger partial charge in [-0.1, -0.05) is 19.3 Å². The Labute approximate surface area is 142 Å². The highest BCUT2D eigenvalue weighted by molar-refractivity contribution is 7.98. The van der Waals surface area contributed by atoms with Gasteiger partial charge in [0.25, 0.3) is 5.91 Å². The van der Waals surface area contributed by atoms with E-state index < -0.39 is 6.04 Å². The highest BCUT2D eigenvalue weighted by Gasteiger charge is 2.23. The van der Waals surface area contributed by atoms with Crippen molar-refractivity contribution in [1.82, 2.24) is 10.6 Å². The topological polar surface area (TPSA) is 71.3 Å². The van der Waals surface area contributed by atoms with Crippen LogP contribution < -0.4 is 10.6 Å². The van der Waals surface area contributed by atoms with Crippen molar-refractivity contribution in [2.45, 2.75) is 44.6 Å². The third kappa shape index (κ3) is 5.94. The van der Waals surface area contributed by atoms with E-state index in [9.17, 15) is 9.59 Å². The van der Waals surface area contributed by atoms with Crippen molar-refractivity contribution in [3.8, 4) is 0 Å². The summed E-state index contributed by atoms with van der Waals surface area (Å²) in [7, 11) is 0. The summed E-state index contributed by atoms with van der Waals surface area (Å²) < 4.78 is 5.09. The molecule has 0 aromatic carbocycles. The van der Waals surface area contributed by atoms with Gasteiger partial charge in [-0.2, -0.15) is 11.8 Å². The van der Waals surface area contributed by atoms with Crippen molar-refractivity contribution < 1.29 is 14.0 Å². The van der Waals surface area contributed by atoms with Gasteiger partial charge >= 0.3 is 0 Å². The van der Waals surface area contributed by atoms with E-state index in [1.807, 2.05) is 6.26 Å². The molecule has 2 rings (SSSR count). The number of nitrogens with one attached hydrogen (secondary N) is 2. The minimum Gasteiger partial charge on any atom is -0.459 e. The lowest BCUT2D eigenvalue weighted by molar-refractivity contribution is -0.123. The summed E-state index contributed by atoms with van der Waals surface area (Å²) in [5.74, 6) is 1.20. The van der Waals surface area contributed by atoms with Gasteiger partial charge in [0, 0.05) is 6.54 Å². The number of hydrogen-bond acceptors (Lipinski definition) is 4. The first kappa shape index (κ1) is 17.9. The summed E-state index contributed by atoms with van der Waals surface area (Å²) in [6, 6.07) is 2.75. The fourth-order valence-electron chi connectivity index (χ4n) is 2.90. The van der Waals surface area contributed by atoms with Gasteiger partial charge in [0.2, 0.25) is 5.91 Å². The zero-order chi connectivity index (χ0) is 16.5. The molecule has 0 aliphatic heterocycles. The van der Waals surface area contributed by atoms with E-state index in [1.165, 1.54) is 38.4 Å². The fraction of sp³-hybridized carbons (Fsp3) is 0.647. The van der Waals surface area contributed by atoms with Crippen LogP contribution in [0, 0.1) is 5.92 Å². The average Bonchev–Trinajstić information content (AvgIpc) is 3.12. The zero-order valence-electron chi connectivity index (χ0n) is 13.7. The van der Waals surface area contributed by atoms with Crippen molar-refractivity contribution in [1.29, 1.82) is 0 Å². The molecule has 5 nitrogen and oxygen atoms in total. The van der Waals surface area contributed by atoms with Gasteiger partial charge in [0.1, 0.15) is 6.04 Å². The summed E-state index contributed by atoms with van der Waals surface area (Å²) in [6.07, 6.45) is 10.3. The number of carbonyl (C=O) groups excluding carboxylic acids is 2. The van der Waals surface area contributed by atoms with E-state index in [-0.39, 0.29) is 17.6 Å². The lowest BCUT2D eigenvalue weighted by Crippen LogP contribution is -2.48. The highest BCUT2D eigenvalue weighted by Crippen LogP contribution is 2.22. The third-order valence-corrected chi connectivity index (χ3v) is 4.91. The Bertz CT molecular complexity index is 484. The molecule has 1 saturated carbocycles. The molecular formula is C17H26N2O3S. The van der Waals surface area contributed by atoms with Gasteiger partial charge in [0.15, 0.2) is 5.76 Å². The number of rotatable bonds is 8. The highest BCUT2D eigenvalue weighted by atomic mass is 32.2. The molecular weight excluding hydrogens is 312 g/mol. The average molecular weight is 338 g/mol. The van der Waals surface area contributed by atoms with Gasteiger partial charge < -0.3 is 15.1 Å². The fourth-order valence-corrected chi connectivity index (χ4v) is 3.37. The van der Waals surface area contributed by atoms with Crippen LogP contribution in [0.2, 0.25) is 0 Å². The Balaban J connectivity index is 1.85. The van der Waals surface area contributed by atoms with Crippen molar-refractivity contribution in [2.75, 3.05) is 18.6 Å². The minimum atomic E-state index is -0.511. The van der Waals surface area contributed by atoms with Crippen LogP contribution in [-0.4, -0.2) is 36.4 Å². The smallest absolute Gasteiger partial charge is 0.287 e. The van der Waals surface area contributed by atoms with Crippen molar-refractivity contribution in [3.63, 3.8) is 0 Å². The molecule has 0 bridgehead atoms. The number of amides is 2. The molecule has 0 saturated heterocycles. The molecule has 0 unspecified atom stereocenters. The van der Waals surface area contributed by atoms with E-state index in [0.29, 0.717) is 18.9 Å².